The van der Waals surface area contributed by atoms with Crippen LogP contribution in [-0.4, -0.2) is 91.3 Å². The number of fused-ring (bicyclic) bond motifs is 2. The number of aliphatic hydroxyl groups is 1. The van der Waals surface area contributed by atoms with Crippen LogP contribution in [0, 0.1) is 5.92 Å². The quantitative estimate of drug-likeness (QED) is 0.355. The highest BCUT2D eigenvalue weighted by molar-refractivity contribution is 5.99. The predicted octanol–water partition coefficient (Wildman–Crippen LogP) is 5.62. The van der Waals surface area contributed by atoms with Crippen molar-refractivity contribution >= 4 is 17.5 Å². The van der Waals surface area contributed by atoms with E-state index in [1.54, 1.807) is 17.9 Å². The number of nitrogens with one attached hydrogen (secondary N) is 1. The molecular formula is C34H46F3N3O7. The van der Waals surface area contributed by atoms with E-state index >= 15 is 0 Å². The van der Waals surface area contributed by atoms with Gasteiger partial charge in [-0.1, -0.05) is 13.0 Å². The first kappa shape index (κ1) is 36.3. The van der Waals surface area contributed by atoms with Crippen LogP contribution in [0.25, 0.3) is 0 Å². The number of halogens is 3. The Bertz CT molecular complexity index is 1360. The van der Waals surface area contributed by atoms with Crippen LogP contribution in [0.4, 0.5) is 18.9 Å². The molecule has 4 rings (SSSR count). The molecule has 0 radical (unpaired) electrons. The maximum Gasteiger partial charge on any atom is 0.389 e. The molecule has 0 fully saturated rings. The number of likely N-dealkylation sites (N-methyl/N-ethyl adjacent to an activating group) is 1. The molecule has 2 aromatic carbocycles. The highest BCUT2D eigenvalue weighted by Crippen LogP contribution is 2.33. The summed E-state index contributed by atoms with van der Waals surface area (Å²) in [5.41, 5.74) is 1.38. The van der Waals surface area contributed by atoms with Crippen molar-refractivity contribution in [1.29, 1.82) is 0 Å². The molecule has 0 aliphatic carbocycles. The summed E-state index contributed by atoms with van der Waals surface area (Å²) in [6.45, 7) is 7.56. The zero-order chi connectivity index (χ0) is 34.1. The molecule has 2 aromatic rings. The molecule has 0 spiro atoms. The Kier molecular flexibility index (Phi) is 12.8. The summed E-state index contributed by atoms with van der Waals surface area (Å²) in [6.07, 6.45) is -4.60. The van der Waals surface area contributed by atoms with E-state index in [9.17, 15) is 27.9 Å². The Hall–Kier alpha value is -3.55. The topological polar surface area (TPSA) is 110 Å². The summed E-state index contributed by atoms with van der Waals surface area (Å²) in [5, 5.41) is 12.6. The van der Waals surface area contributed by atoms with Gasteiger partial charge in [0, 0.05) is 44.3 Å². The highest BCUT2D eigenvalue weighted by atomic mass is 19.4. The molecule has 0 unspecified atom stereocenters. The summed E-state index contributed by atoms with van der Waals surface area (Å²) in [6, 6.07) is 9.78. The lowest BCUT2D eigenvalue weighted by Gasteiger charge is -2.36. The van der Waals surface area contributed by atoms with Gasteiger partial charge in [0.05, 0.1) is 36.8 Å². The van der Waals surface area contributed by atoms with Gasteiger partial charge in [-0.2, -0.15) is 13.2 Å². The van der Waals surface area contributed by atoms with E-state index in [-0.39, 0.29) is 49.3 Å². The second kappa shape index (κ2) is 16.5. The zero-order valence-corrected chi connectivity index (χ0v) is 27.5. The number of amides is 2. The average Bonchev–Trinajstić information content (AvgIpc) is 3.49. The van der Waals surface area contributed by atoms with Crippen LogP contribution in [0.5, 0.6) is 17.2 Å². The van der Waals surface area contributed by atoms with E-state index in [4.69, 9.17) is 18.9 Å². The minimum atomic E-state index is -4.46. The maximum absolute atomic E-state index is 14.2. The van der Waals surface area contributed by atoms with E-state index in [0.717, 1.165) is 24.2 Å². The molecular weight excluding hydrogens is 619 g/mol. The molecule has 10 nitrogen and oxygen atoms in total. The van der Waals surface area contributed by atoms with Crippen LogP contribution >= 0.6 is 0 Å². The number of hydrogen-bond acceptors (Lipinski definition) is 8. The van der Waals surface area contributed by atoms with Gasteiger partial charge in [-0.05, 0) is 76.1 Å². The Morgan fingerprint density at radius 3 is 2.60 bits per heavy atom. The lowest BCUT2D eigenvalue weighted by Crippen LogP contribution is -2.47. The monoisotopic (exact) mass is 665 g/mol. The third-order valence-corrected chi connectivity index (χ3v) is 8.35. The molecule has 2 N–H and O–H groups in total. The lowest BCUT2D eigenvalue weighted by atomic mass is 10.0. The molecule has 2 aliphatic heterocycles. The van der Waals surface area contributed by atoms with Crippen LogP contribution in [-0.2, 0) is 16.1 Å². The van der Waals surface area contributed by atoms with E-state index in [2.05, 4.69) is 10.2 Å². The van der Waals surface area contributed by atoms with Gasteiger partial charge < -0.3 is 34.3 Å². The molecule has 0 saturated carbocycles. The first-order valence-electron chi connectivity index (χ1n) is 16.1. The molecule has 260 valence electrons. The number of benzene rings is 2. The summed E-state index contributed by atoms with van der Waals surface area (Å²) < 4.78 is 61.6. The standard InChI is InChI=1S/C34H46F3N3O7/c1-22-17-40(23(2)20-41)33(43)27-16-26(38-32(42)12-13-34(35,36)37)9-11-28(27)47-24(3)7-5-6-14-44-31(22)19-39(4)18-25-8-10-29-30(15-25)46-21-45-29/h8-11,15-16,22-24,31,41H,5-7,12-14,17-21H2,1-4H3,(H,38,42)/t22-,23+,24+,31+/m0/s1. The van der Waals surface area contributed by atoms with E-state index < -0.39 is 36.9 Å². The highest BCUT2D eigenvalue weighted by Gasteiger charge is 2.31. The minimum absolute atomic E-state index is 0.146. The fraction of sp³-hybridized carbons (Fsp3) is 0.588. The average molecular weight is 666 g/mol. The molecule has 0 aromatic heterocycles. The normalized spacial score (nSPS) is 21.5. The maximum atomic E-state index is 14.2. The smallest absolute Gasteiger partial charge is 0.389 e. The SMILES string of the molecule is C[C@@H]1CCCCO[C@H](CN(C)Cc2ccc3c(c2)OCO3)[C@@H](C)CN([C@H](C)CO)C(=O)c2cc(NC(=O)CCC(F)(F)F)ccc2O1. The molecule has 0 bridgehead atoms. The van der Waals surface area contributed by atoms with Crippen LogP contribution in [0.3, 0.4) is 0 Å². The van der Waals surface area contributed by atoms with Gasteiger partial charge in [-0.25, -0.2) is 0 Å². The third-order valence-electron chi connectivity index (χ3n) is 8.35. The number of ether oxygens (including phenoxy) is 4. The van der Waals surface area contributed by atoms with Crippen molar-refractivity contribution in [3.63, 3.8) is 0 Å². The van der Waals surface area contributed by atoms with Gasteiger partial charge in [0.1, 0.15) is 5.75 Å². The number of nitrogens with zero attached hydrogens (tertiary/aromatic N) is 2. The van der Waals surface area contributed by atoms with Crippen molar-refractivity contribution in [3.8, 4) is 17.2 Å². The molecule has 13 heteroatoms. The van der Waals surface area contributed by atoms with Crippen LogP contribution < -0.4 is 19.5 Å². The second-order valence-corrected chi connectivity index (χ2v) is 12.6. The van der Waals surface area contributed by atoms with Gasteiger partial charge in [-0.3, -0.25) is 14.5 Å². The number of anilines is 1. The summed E-state index contributed by atoms with van der Waals surface area (Å²) in [4.78, 5) is 30.2. The largest absolute Gasteiger partial charge is 0.490 e. The van der Waals surface area contributed by atoms with E-state index in [1.165, 1.54) is 12.1 Å². The zero-order valence-electron chi connectivity index (χ0n) is 27.5. The van der Waals surface area contributed by atoms with Crippen LogP contribution in [0.1, 0.15) is 68.8 Å². The lowest BCUT2D eigenvalue weighted by molar-refractivity contribution is -0.142. The van der Waals surface area contributed by atoms with Crippen molar-refractivity contribution in [1.82, 2.24) is 9.80 Å². The van der Waals surface area contributed by atoms with E-state index in [0.29, 0.717) is 37.6 Å². The van der Waals surface area contributed by atoms with Gasteiger partial charge in [0.2, 0.25) is 12.7 Å². The molecule has 2 aliphatic rings. The molecule has 4 atom stereocenters. The van der Waals surface area contributed by atoms with Crippen molar-refractivity contribution in [2.75, 3.05) is 45.5 Å². The van der Waals surface area contributed by atoms with Crippen molar-refractivity contribution in [2.45, 2.75) is 83.8 Å². The fourth-order valence-electron chi connectivity index (χ4n) is 5.66. The number of carbonyl (C=O) groups is 2. The third kappa shape index (κ3) is 10.7. The predicted molar refractivity (Wildman–Crippen MR) is 170 cm³/mol. The van der Waals surface area contributed by atoms with Crippen molar-refractivity contribution in [2.24, 2.45) is 5.92 Å². The van der Waals surface area contributed by atoms with Gasteiger partial charge in [-0.15, -0.1) is 0 Å². The van der Waals surface area contributed by atoms with Crippen LogP contribution in [0.2, 0.25) is 0 Å². The molecule has 0 saturated heterocycles. The Morgan fingerprint density at radius 2 is 1.85 bits per heavy atom. The number of alkyl halides is 3. The molecule has 2 amide bonds. The van der Waals surface area contributed by atoms with Gasteiger partial charge >= 0.3 is 6.18 Å². The summed E-state index contributed by atoms with van der Waals surface area (Å²) >= 11 is 0. The summed E-state index contributed by atoms with van der Waals surface area (Å²) in [5.74, 6) is 0.337. The van der Waals surface area contributed by atoms with Crippen molar-refractivity contribution in [3.05, 3.63) is 47.5 Å². The van der Waals surface area contributed by atoms with E-state index in [1.807, 2.05) is 39.1 Å². The summed E-state index contributed by atoms with van der Waals surface area (Å²) in [7, 11) is 2.01. The number of rotatable bonds is 9. The Balaban J connectivity index is 1.56. The first-order valence-corrected chi connectivity index (χ1v) is 16.1. The van der Waals surface area contributed by atoms with Crippen molar-refractivity contribution < 1.29 is 46.8 Å². The van der Waals surface area contributed by atoms with Crippen LogP contribution in [0.15, 0.2) is 36.4 Å². The second-order valence-electron chi connectivity index (χ2n) is 12.6. The van der Waals surface area contributed by atoms with Gasteiger partial charge in [0.25, 0.3) is 5.91 Å². The Labute approximate surface area is 274 Å². The Morgan fingerprint density at radius 1 is 1.11 bits per heavy atom. The molecule has 2 heterocycles. The number of aliphatic hydroxyl groups excluding tert-OH is 1. The first-order chi connectivity index (χ1) is 22.3. The molecule has 47 heavy (non-hydrogen) atoms. The van der Waals surface area contributed by atoms with Gasteiger partial charge in [0.15, 0.2) is 11.5 Å². The number of carbonyl (C=O) groups excluding carboxylic acids is 2. The minimum Gasteiger partial charge on any atom is -0.490 e. The fourth-order valence-corrected chi connectivity index (χ4v) is 5.66. The number of hydrogen-bond donors (Lipinski definition) is 2.